The van der Waals surface area contributed by atoms with E-state index in [1.54, 1.807) is 0 Å². The maximum atomic E-state index is 6.31. The van der Waals surface area contributed by atoms with Gasteiger partial charge >= 0.3 is 0 Å². The number of rotatable bonds is 6. The summed E-state index contributed by atoms with van der Waals surface area (Å²) in [6.07, 6.45) is 10.7. The Morgan fingerprint density at radius 2 is 1.81 bits per heavy atom. The van der Waals surface area contributed by atoms with Crippen molar-refractivity contribution in [3.05, 3.63) is 0 Å². The molecule has 1 saturated carbocycles. The van der Waals surface area contributed by atoms with E-state index >= 15 is 0 Å². The molecule has 0 aromatic heterocycles. The van der Waals surface area contributed by atoms with Crippen LogP contribution in [-0.4, -0.2) is 16.6 Å². The highest BCUT2D eigenvalue weighted by molar-refractivity contribution is 14.1. The van der Waals surface area contributed by atoms with E-state index in [0.29, 0.717) is 0 Å². The van der Waals surface area contributed by atoms with Crippen molar-refractivity contribution in [3.63, 3.8) is 0 Å². The van der Waals surface area contributed by atoms with Gasteiger partial charge in [-0.25, -0.2) is 0 Å². The lowest BCUT2D eigenvalue weighted by molar-refractivity contribution is -0.0508. The molecule has 0 bridgehead atoms. The van der Waals surface area contributed by atoms with Gasteiger partial charge in [0.05, 0.1) is 5.60 Å². The summed E-state index contributed by atoms with van der Waals surface area (Å²) in [5, 5.41) is 0. The molecule has 0 radical (unpaired) electrons. The zero-order valence-corrected chi connectivity index (χ0v) is 13.1. The molecule has 1 nitrogen and oxygen atoms in total. The Kier molecular flexibility index (Phi) is 7.29. The Balaban J connectivity index is 2.39. The third kappa shape index (κ3) is 4.91. The normalized spacial score (nSPS) is 22.7. The predicted octanol–water partition coefficient (Wildman–Crippen LogP) is 4.97. The van der Waals surface area contributed by atoms with E-state index in [2.05, 4.69) is 36.4 Å². The van der Waals surface area contributed by atoms with Crippen molar-refractivity contribution in [2.24, 2.45) is 5.92 Å². The summed E-state index contributed by atoms with van der Waals surface area (Å²) in [6.45, 7) is 5.55. The second-order valence-corrected chi connectivity index (χ2v) is 6.20. The van der Waals surface area contributed by atoms with Gasteiger partial charge < -0.3 is 4.74 Å². The highest BCUT2D eigenvalue weighted by Crippen LogP contribution is 2.32. The van der Waals surface area contributed by atoms with Crippen molar-refractivity contribution in [1.82, 2.24) is 0 Å². The van der Waals surface area contributed by atoms with E-state index in [-0.39, 0.29) is 5.60 Å². The number of hydrogen-bond acceptors (Lipinski definition) is 1. The molecule has 1 rings (SSSR count). The molecular weight excluding hydrogens is 311 g/mol. The number of halogens is 1. The largest absolute Gasteiger partial charge is 0.374 e. The Morgan fingerprint density at radius 1 is 1.19 bits per heavy atom. The van der Waals surface area contributed by atoms with Crippen LogP contribution in [0.2, 0.25) is 0 Å². The minimum Gasteiger partial charge on any atom is -0.374 e. The molecule has 0 amide bonds. The van der Waals surface area contributed by atoms with Gasteiger partial charge in [0, 0.05) is 11.0 Å². The third-order valence-corrected chi connectivity index (χ3v) is 5.10. The van der Waals surface area contributed by atoms with E-state index in [4.69, 9.17) is 4.74 Å². The SMILES string of the molecule is CCCC(C)COC1(CI)CCCCCC1. The lowest BCUT2D eigenvalue weighted by Gasteiger charge is -2.32. The quantitative estimate of drug-likeness (QED) is 0.378. The van der Waals surface area contributed by atoms with Crippen LogP contribution in [-0.2, 0) is 4.74 Å². The fourth-order valence-corrected chi connectivity index (χ4v) is 3.57. The van der Waals surface area contributed by atoms with E-state index < -0.39 is 0 Å². The van der Waals surface area contributed by atoms with Crippen molar-refractivity contribution >= 4 is 22.6 Å². The molecule has 1 fully saturated rings. The standard InChI is InChI=1S/C14H27IO/c1-3-8-13(2)11-16-14(12-15)9-6-4-5-7-10-14/h13H,3-12H2,1-2H3. The first kappa shape index (κ1) is 14.7. The zero-order valence-electron chi connectivity index (χ0n) is 10.9. The van der Waals surface area contributed by atoms with Gasteiger partial charge in [-0.15, -0.1) is 0 Å². The molecule has 2 heteroatoms. The Morgan fingerprint density at radius 3 is 2.31 bits per heavy atom. The molecule has 0 aromatic rings. The van der Waals surface area contributed by atoms with Crippen molar-refractivity contribution < 1.29 is 4.74 Å². The molecule has 0 aliphatic heterocycles. The summed E-state index contributed by atoms with van der Waals surface area (Å²) in [4.78, 5) is 0. The summed E-state index contributed by atoms with van der Waals surface area (Å²) < 4.78 is 7.48. The molecule has 1 atom stereocenters. The van der Waals surface area contributed by atoms with E-state index in [1.807, 2.05) is 0 Å². The minimum absolute atomic E-state index is 0.221. The second kappa shape index (κ2) is 7.91. The lowest BCUT2D eigenvalue weighted by atomic mass is 9.96. The van der Waals surface area contributed by atoms with Gasteiger partial charge in [-0.1, -0.05) is 68.5 Å². The molecule has 1 aliphatic carbocycles. The van der Waals surface area contributed by atoms with E-state index in [9.17, 15) is 0 Å². The topological polar surface area (TPSA) is 9.23 Å². The lowest BCUT2D eigenvalue weighted by Crippen LogP contribution is -2.35. The van der Waals surface area contributed by atoms with Crippen LogP contribution >= 0.6 is 22.6 Å². The first-order chi connectivity index (χ1) is 7.72. The molecule has 1 unspecified atom stereocenters. The molecule has 96 valence electrons. The molecule has 0 heterocycles. The number of alkyl halides is 1. The van der Waals surface area contributed by atoms with Crippen molar-refractivity contribution in [2.45, 2.75) is 70.8 Å². The Hall–Kier alpha value is 0.690. The first-order valence-electron chi connectivity index (χ1n) is 6.92. The van der Waals surface area contributed by atoms with Gasteiger partial charge in [-0.3, -0.25) is 0 Å². The Bertz CT molecular complexity index is 174. The molecule has 1 aliphatic rings. The van der Waals surface area contributed by atoms with Gasteiger partial charge in [-0.2, -0.15) is 0 Å². The summed E-state index contributed by atoms with van der Waals surface area (Å²) in [7, 11) is 0. The Labute approximate surface area is 115 Å². The van der Waals surface area contributed by atoms with Gasteiger partial charge in [0.1, 0.15) is 0 Å². The number of hydrogen-bond donors (Lipinski definition) is 0. The van der Waals surface area contributed by atoms with Crippen LogP contribution in [0.15, 0.2) is 0 Å². The van der Waals surface area contributed by atoms with Gasteiger partial charge in [0.2, 0.25) is 0 Å². The monoisotopic (exact) mass is 338 g/mol. The van der Waals surface area contributed by atoms with Crippen LogP contribution in [0.4, 0.5) is 0 Å². The zero-order chi connectivity index (χ0) is 11.9. The van der Waals surface area contributed by atoms with Crippen molar-refractivity contribution in [2.75, 3.05) is 11.0 Å². The van der Waals surface area contributed by atoms with Gasteiger partial charge in [0.15, 0.2) is 0 Å². The van der Waals surface area contributed by atoms with Crippen LogP contribution < -0.4 is 0 Å². The summed E-state index contributed by atoms with van der Waals surface area (Å²) in [5.74, 6) is 0.730. The van der Waals surface area contributed by atoms with Crippen LogP contribution in [0, 0.1) is 5.92 Å². The van der Waals surface area contributed by atoms with Gasteiger partial charge in [0.25, 0.3) is 0 Å². The van der Waals surface area contributed by atoms with Crippen molar-refractivity contribution in [1.29, 1.82) is 0 Å². The maximum absolute atomic E-state index is 6.31. The average molecular weight is 338 g/mol. The van der Waals surface area contributed by atoms with Crippen LogP contribution in [0.5, 0.6) is 0 Å². The van der Waals surface area contributed by atoms with E-state index in [0.717, 1.165) is 12.5 Å². The highest BCUT2D eigenvalue weighted by atomic mass is 127. The number of ether oxygens (including phenoxy) is 1. The second-order valence-electron chi connectivity index (χ2n) is 5.44. The molecular formula is C14H27IO. The molecule has 0 spiro atoms. The maximum Gasteiger partial charge on any atom is 0.0771 e. The van der Waals surface area contributed by atoms with Gasteiger partial charge in [-0.05, 0) is 25.2 Å². The molecule has 0 saturated heterocycles. The molecule has 16 heavy (non-hydrogen) atoms. The van der Waals surface area contributed by atoms with Crippen LogP contribution in [0.25, 0.3) is 0 Å². The van der Waals surface area contributed by atoms with Crippen molar-refractivity contribution in [3.8, 4) is 0 Å². The van der Waals surface area contributed by atoms with E-state index in [1.165, 1.54) is 55.8 Å². The summed E-state index contributed by atoms with van der Waals surface area (Å²) >= 11 is 2.52. The molecule has 0 N–H and O–H groups in total. The van der Waals surface area contributed by atoms with Crippen LogP contribution in [0.3, 0.4) is 0 Å². The predicted molar refractivity (Wildman–Crippen MR) is 79.3 cm³/mol. The summed E-state index contributed by atoms with van der Waals surface area (Å²) in [5.41, 5.74) is 0.221. The minimum atomic E-state index is 0.221. The third-order valence-electron chi connectivity index (χ3n) is 3.71. The summed E-state index contributed by atoms with van der Waals surface area (Å²) in [6, 6.07) is 0. The average Bonchev–Trinajstić information content (AvgIpc) is 2.53. The molecule has 0 aromatic carbocycles. The smallest absolute Gasteiger partial charge is 0.0771 e. The first-order valence-corrected chi connectivity index (χ1v) is 8.45. The highest BCUT2D eigenvalue weighted by Gasteiger charge is 2.30. The fourth-order valence-electron chi connectivity index (χ4n) is 2.58. The van der Waals surface area contributed by atoms with Crippen LogP contribution in [0.1, 0.15) is 65.2 Å². The fraction of sp³-hybridized carbons (Fsp3) is 1.00.